The molecule has 0 fully saturated rings. The van der Waals surface area contributed by atoms with Gasteiger partial charge in [0.05, 0.1) is 31.3 Å². The molecule has 0 aromatic heterocycles. The van der Waals surface area contributed by atoms with E-state index in [4.69, 9.17) is 0 Å². The summed E-state index contributed by atoms with van der Waals surface area (Å²) in [6, 6.07) is -0.656. The Bertz CT molecular complexity index is 625. The number of hydrogen-bond acceptors (Lipinski definition) is 4. The van der Waals surface area contributed by atoms with Crippen LogP contribution < -0.4 is 5.32 Å². The quantitative estimate of drug-likeness (QED) is 0.0406. The third-order valence-corrected chi connectivity index (χ3v) is 9.33. The van der Waals surface area contributed by atoms with Gasteiger partial charge in [-0.3, -0.25) is 4.79 Å². The smallest absolute Gasteiger partial charge is 0.222 e. The van der Waals surface area contributed by atoms with E-state index in [-0.39, 0.29) is 18.9 Å². The highest BCUT2D eigenvalue weighted by Gasteiger charge is 2.21. The molecule has 0 aliphatic heterocycles. The molecule has 45 heavy (non-hydrogen) atoms. The summed E-state index contributed by atoms with van der Waals surface area (Å²) in [6.45, 7) is 4.24. The predicted molar refractivity (Wildman–Crippen MR) is 195 cm³/mol. The van der Waals surface area contributed by atoms with E-state index in [9.17, 15) is 20.1 Å². The van der Waals surface area contributed by atoms with Gasteiger partial charge >= 0.3 is 0 Å². The van der Waals surface area contributed by atoms with Crippen molar-refractivity contribution in [2.75, 3.05) is 6.61 Å². The van der Waals surface area contributed by atoms with E-state index < -0.39 is 18.2 Å². The minimum Gasteiger partial charge on any atom is -0.394 e. The van der Waals surface area contributed by atoms with Crippen molar-refractivity contribution >= 4 is 5.91 Å². The average molecular weight is 638 g/mol. The molecule has 0 heterocycles. The number of nitrogens with one attached hydrogen (secondary N) is 1. The van der Waals surface area contributed by atoms with Crippen molar-refractivity contribution in [2.45, 2.75) is 231 Å². The van der Waals surface area contributed by atoms with Crippen LogP contribution in [0.15, 0.2) is 12.2 Å². The fourth-order valence-electron chi connectivity index (χ4n) is 6.22. The van der Waals surface area contributed by atoms with Crippen LogP contribution in [0.3, 0.4) is 0 Å². The van der Waals surface area contributed by atoms with Gasteiger partial charge in [0.25, 0.3) is 0 Å². The second-order valence-corrected chi connectivity index (χ2v) is 13.9. The van der Waals surface area contributed by atoms with E-state index >= 15 is 0 Å². The second-order valence-electron chi connectivity index (χ2n) is 13.9. The molecule has 0 bridgehead atoms. The monoisotopic (exact) mass is 638 g/mol. The van der Waals surface area contributed by atoms with Crippen LogP contribution in [0.25, 0.3) is 0 Å². The van der Waals surface area contributed by atoms with Crippen LogP contribution in [0.1, 0.15) is 213 Å². The molecule has 1 amide bonds. The molecular formula is C40H79NO4. The number of allylic oxidation sites excluding steroid dienone is 2. The lowest BCUT2D eigenvalue weighted by atomic mass is 10.0. The number of carbonyl (C=O) groups excluding carboxylic acids is 1. The lowest BCUT2D eigenvalue weighted by molar-refractivity contribution is -0.125. The molecule has 0 aromatic rings. The van der Waals surface area contributed by atoms with E-state index in [0.29, 0.717) is 12.8 Å². The SMILES string of the molecule is CCCCCC/C=C\CCCCCCCC(O)CC(=O)NC(CO)C(O)CCCCCCCCCCCCCCCCCCC. The Morgan fingerprint density at radius 1 is 0.533 bits per heavy atom. The molecule has 3 atom stereocenters. The van der Waals surface area contributed by atoms with E-state index in [2.05, 4.69) is 31.3 Å². The standard InChI is InChI=1S/C40H79NO4/c1-3-5-7-9-11-13-15-17-18-19-20-22-24-26-28-30-32-34-39(44)38(36-42)41-40(45)35-37(43)33-31-29-27-25-23-21-16-14-12-10-8-6-4-2/h14,16,37-39,42-44H,3-13,15,17-36H2,1-2H3,(H,41,45)/b16-14-. The minimum absolute atomic E-state index is 0.0331. The average Bonchev–Trinajstić information content (AvgIpc) is 3.03. The normalized spacial score (nSPS) is 13.8. The van der Waals surface area contributed by atoms with Gasteiger partial charge in [-0.2, -0.15) is 0 Å². The summed E-state index contributed by atoms with van der Waals surface area (Å²) in [5, 5.41) is 33.3. The maximum absolute atomic E-state index is 12.4. The zero-order valence-electron chi connectivity index (χ0n) is 30.3. The number of aliphatic hydroxyl groups is 3. The Morgan fingerprint density at radius 3 is 1.31 bits per heavy atom. The van der Waals surface area contributed by atoms with E-state index in [1.165, 1.54) is 148 Å². The van der Waals surface area contributed by atoms with Crippen molar-refractivity contribution < 1.29 is 20.1 Å². The zero-order valence-corrected chi connectivity index (χ0v) is 30.3. The molecule has 0 radical (unpaired) electrons. The Balaban J connectivity index is 3.64. The summed E-state index contributed by atoms with van der Waals surface area (Å²) >= 11 is 0. The number of hydrogen-bond donors (Lipinski definition) is 4. The Morgan fingerprint density at radius 2 is 0.889 bits per heavy atom. The van der Waals surface area contributed by atoms with Gasteiger partial charge in [0.2, 0.25) is 5.91 Å². The first-order valence-electron chi connectivity index (χ1n) is 20.0. The van der Waals surface area contributed by atoms with E-state index in [1.54, 1.807) is 0 Å². The van der Waals surface area contributed by atoms with Gasteiger partial charge in [-0.15, -0.1) is 0 Å². The van der Waals surface area contributed by atoms with Gasteiger partial charge in [-0.05, 0) is 38.5 Å². The van der Waals surface area contributed by atoms with Crippen LogP contribution in [-0.4, -0.2) is 46.1 Å². The summed E-state index contributed by atoms with van der Waals surface area (Å²) < 4.78 is 0. The third kappa shape index (κ3) is 32.8. The predicted octanol–water partition coefficient (Wildman–Crippen LogP) is 10.9. The Kier molecular flexibility index (Phi) is 35.2. The molecule has 0 aliphatic carbocycles. The van der Waals surface area contributed by atoms with Crippen LogP contribution in [-0.2, 0) is 4.79 Å². The van der Waals surface area contributed by atoms with Gasteiger partial charge in [0.1, 0.15) is 0 Å². The summed E-state index contributed by atoms with van der Waals surface area (Å²) in [6.07, 6.45) is 40.2. The number of unbranched alkanes of at least 4 members (excludes halogenated alkanes) is 25. The highest BCUT2D eigenvalue weighted by molar-refractivity contribution is 5.76. The highest BCUT2D eigenvalue weighted by atomic mass is 16.3. The van der Waals surface area contributed by atoms with Gasteiger partial charge in [0.15, 0.2) is 0 Å². The molecular weight excluding hydrogens is 558 g/mol. The molecule has 0 saturated heterocycles. The Labute approximate surface area is 280 Å². The van der Waals surface area contributed by atoms with Gasteiger partial charge < -0.3 is 20.6 Å². The molecule has 0 saturated carbocycles. The molecule has 0 spiro atoms. The first-order valence-corrected chi connectivity index (χ1v) is 20.0. The van der Waals surface area contributed by atoms with Crippen molar-refractivity contribution in [3.63, 3.8) is 0 Å². The summed E-state index contributed by atoms with van der Waals surface area (Å²) in [5.41, 5.74) is 0. The summed E-state index contributed by atoms with van der Waals surface area (Å²) in [7, 11) is 0. The van der Waals surface area contributed by atoms with Crippen LogP contribution in [0.5, 0.6) is 0 Å². The molecule has 4 N–H and O–H groups in total. The fourth-order valence-corrected chi connectivity index (χ4v) is 6.22. The number of amides is 1. The topological polar surface area (TPSA) is 89.8 Å². The van der Waals surface area contributed by atoms with Crippen molar-refractivity contribution in [3.05, 3.63) is 12.2 Å². The van der Waals surface area contributed by atoms with Crippen LogP contribution in [0.4, 0.5) is 0 Å². The molecule has 0 rings (SSSR count). The fraction of sp³-hybridized carbons (Fsp3) is 0.925. The Hall–Kier alpha value is -0.910. The highest BCUT2D eigenvalue weighted by Crippen LogP contribution is 2.16. The lowest BCUT2D eigenvalue weighted by Gasteiger charge is -2.23. The molecule has 268 valence electrons. The second kappa shape index (κ2) is 35.9. The first kappa shape index (κ1) is 44.1. The van der Waals surface area contributed by atoms with Crippen molar-refractivity contribution in [1.29, 1.82) is 0 Å². The van der Waals surface area contributed by atoms with Crippen LogP contribution >= 0.6 is 0 Å². The maximum Gasteiger partial charge on any atom is 0.222 e. The lowest BCUT2D eigenvalue weighted by Crippen LogP contribution is -2.46. The van der Waals surface area contributed by atoms with Crippen molar-refractivity contribution in [3.8, 4) is 0 Å². The van der Waals surface area contributed by atoms with Crippen molar-refractivity contribution in [1.82, 2.24) is 5.32 Å². The third-order valence-electron chi connectivity index (χ3n) is 9.33. The molecule has 0 aromatic carbocycles. The summed E-state index contributed by atoms with van der Waals surface area (Å²) in [4.78, 5) is 12.4. The largest absolute Gasteiger partial charge is 0.394 e. The molecule has 5 nitrogen and oxygen atoms in total. The van der Waals surface area contributed by atoms with Crippen LogP contribution in [0, 0.1) is 0 Å². The zero-order chi connectivity index (χ0) is 33.1. The molecule has 3 unspecified atom stereocenters. The maximum atomic E-state index is 12.4. The van der Waals surface area contributed by atoms with Gasteiger partial charge in [0, 0.05) is 0 Å². The van der Waals surface area contributed by atoms with Gasteiger partial charge in [-0.25, -0.2) is 0 Å². The van der Waals surface area contributed by atoms with Crippen LogP contribution in [0.2, 0.25) is 0 Å². The van der Waals surface area contributed by atoms with Gasteiger partial charge in [-0.1, -0.05) is 180 Å². The van der Waals surface area contributed by atoms with E-state index in [1.807, 2.05) is 0 Å². The molecule has 0 aliphatic rings. The van der Waals surface area contributed by atoms with E-state index in [0.717, 1.165) is 32.1 Å². The van der Waals surface area contributed by atoms with Crippen molar-refractivity contribution in [2.24, 2.45) is 0 Å². The number of carbonyl (C=O) groups is 1. The number of aliphatic hydroxyl groups excluding tert-OH is 3. The summed E-state index contributed by atoms with van der Waals surface area (Å²) in [5.74, 6) is -0.288. The first-order chi connectivity index (χ1) is 22.0. The number of rotatable bonds is 36. The minimum atomic E-state index is -0.747. The molecule has 5 heteroatoms.